The van der Waals surface area contributed by atoms with Gasteiger partial charge in [-0.15, -0.1) is 11.8 Å². The van der Waals surface area contributed by atoms with Crippen molar-refractivity contribution in [1.29, 1.82) is 0 Å². The minimum Gasteiger partial charge on any atom is -0.394 e. The highest BCUT2D eigenvalue weighted by Crippen LogP contribution is 2.26. The number of fused-ring (bicyclic) bond motifs is 1. The van der Waals surface area contributed by atoms with Crippen molar-refractivity contribution in [2.75, 3.05) is 19.5 Å². The molecule has 0 spiro atoms. The van der Waals surface area contributed by atoms with E-state index < -0.39 is 0 Å². The molecule has 1 N–H and O–H groups in total. The smallest absolute Gasteiger partial charge is 0.350 e. The molecule has 0 unspecified atom stereocenters. The zero-order valence-electron chi connectivity index (χ0n) is 10.5. The molecule has 0 saturated carbocycles. The molecule has 1 aliphatic rings. The first-order valence-electron chi connectivity index (χ1n) is 6.13. The Bertz CT molecular complexity index is 473. The summed E-state index contributed by atoms with van der Waals surface area (Å²) < 4.78 is 6.86. The zero-order valence-corrected chi connectivity index (χ0v) is 11.3. The first kappa shape index (κ1) is 13.6. The molecule has 0 amide bonds. The van der Waals surface area contributed by atoms with E-state index in [4.69, 9.17) is 9.84 Å². The highest BCUT2D eigenvalue weighted by molar-refractivity contribution is 7.98. The molecule has 0 aromatic carbocycles. The van der Waals surface area contributed by atoms with Crippen LogP contribution in [0.4, 0.5) is 0 Å². The van der Waals surface area contributed by atoms with E-state index in [9.17, 15) is 4.79 Å². The average molecular weight is 270 g/mol. The standard InChI is InChI=1S/C12H18N2O3S/c1-18-11-9-4-2-3-5-10(9)14(12(16)13-11)8-17-7-6-15/h15H,2-8H2,1H3. The van der Waals surface area contributed by atoms with E-state index in [0.29, 0.717) is 0 Å². The quantitative estimate of drug-likeness (QED) is 0.487. The van der Waals surface area contributed by atoms with Crippen LogP contribution >= 0.6 is 11.8 Å². The Morgan fingerprint density at radius 1 is 1.44 bits per heavy atom. The maximum Gasteiger partial charge on any atom is 0.350 e. The lowest BCUT2D eigenvalue weighted by Crippen LogP contribution is -2.31. The molecule has 100 valence electrons. The van der Waals surface area contributed by atoms with Crippen LogP contribution in [0, 0.1) is 0 Å². The van der Waals surface area contributed by atoms with Gasteiger partial charge in [-0.05, 0) is 31.9 Å². The molecular formula is C12H18N2O3S. The Hall–Kier alpha value is -0.850. The van der Waals surface area contributed by atoms with Crippen molar-refractivity contribution in [3.05, 3.63) is 21.7 Å². The summed E-state index contributed by atoms with van der Waals surface area (Å²) in [5, 5.41) is 9.56. The summed E-state index contributed by atoms with van der Waals surface area (Å²) in [5.74, 6) is 0. The first-order valence-corrected chi connectivity index (χ1v) is 7.35. The number of thioether (sulfide) groups is 1. The molecule has 0 atom stereocenters. The van der Waals surface area contributed by atoms with Crippen molar-refractivity contribution in [2.24, 2.45) is 0 Å². The Labute approximate surface area is 110 Å². The van der Waals surface area contributed by atoms with Gasteiger partial charge >= 0.3 is 5.69 Å². The fourth-order valence-corrected chi connectivity index (χ4v) is 2.91. The van der Waals surface area contributed by atoms with Crippen molar-refractivity contribution in [3.8, 4) is 0 Å². The fraction of sp³-hybridized carbons (Fsp3) is 0.667. The van der Waals surface area contributed by atoms with Crippen molar-refractivity contribution >= 4 is 11.8 Å². The molecule has 1 aromatic heterocycles. The third-order valence-corrected chi connectivity index (χ3v) is 3.82. The molecule has 1 aromatic rings. The maximum atomic E-state index is 12.0. The normalized spacial score (nSPS) is 14.6. The monoisotopic (exact) mass is 270 g/mol. The number of aliphatic hydroxyl groups is 1. The molecule has 1 heterocycles. The average Bonchev–Trinajstić information content (AvgIpc) is 2.41. The van der Waals surface area contributed by atoms with Gasteiger partial charge in [0.1, 0.15) is 11.8 Å². The maximum absolute atomic E-state index is 12.0. The Balaban J connectivity index is 2.36. The minimum absolute atomic E-state index is 0.0345. The third kappa shape index (κ3) is 2.76. The number of nitrogens with zero attached hydrogens (tertiary/aromatic N) is 2. The van der Waals surface area contributed by atoms with Gasteiger partial charge in [0.15, 0.2) is 0 Å². The van der Waals surface area contributed by atoms with E-state index >= 15 is 0 Å². The number of ether oxygens (including phenoxy) is 1. The van der Waals surface area contributed by atoms with Crippen LogP contribution in [0.25, 0.3) is 0 Å². The number of aliphatic hydroxyl groups excluding tert-OH is 1. The summed E-state index contributed by atoms with van der Waals surface area (Å²) in [4.78, 5) is 16.1. The first-order chi connectivity index (χ1) is 8.77. The largest absolute Gasteiger partial charge is 0.394 e. The van der Waals surface area contributed by atoms with E-state index in [1.807, 2.05) is 6.26 Å². The SMILES string of the molecule is CSc1nc(=O)n(COCCO)c2c1CCCC2. The second kappa shape index (κ2) is 6.36. The van der Waals surface area contributed by atoms with Gasteiger partial charge in [-0.2, -0.15) is 4.98 Å². The number of rotatable bonds is 5. The lowest BCUT2D eigenvalue weighted by atomic mass is 9.97. The summed E-state index contributed by atoms with van der Waals surface area (Å²) in [7, 11) is 0. The minimum atomic E-state index is -0.252. The van der Waals surface area contributed by atoms with Crippen molar-refractivity contribution < 1.29 is 9.84 Å². The molecule has 0 bridgehead atoms. The van der Waals surface area contributed by atoms with Gasteiger partial charge in [0.2, 0.25) is 0 Å². The van der Waals surface area contributed by atoms with E-state index in [1.54, 1.807) is 4.57 Å². The van der Waals surface area contributed by atoms with E-state index in [0.717, 1.165) is 36.4 Å². The van der Waals surface area contributed by atoms with Gasteiger partial charge in [0.05, 0.1) is 13.2 Å². The zero-order chi connectivity index (χ0) is 13.0. The molecule has 0 saturated heterocycles. The molecular weight excluding hydrogens is 252 g/mol. The van der Waals surface area contributed by atoms with Crippen LogP contribution in [0.3, 0.4) is 0 Å². The summed E-state index contributed by atoms with van der Waals surface area (Å²) in [5.41, 5.74) is 2.00. The Morgan fingerprint density at radius 2 is 2.22 bits per heavy atom. The van der Waals surface area contributed by atoms with Gasteiger partial charge in [-0.1, -0.05) is 0 Å². The molecule has 1 aliphatic carbocycles. The highest BCUT2D eigenvalue weighted by atomic mass is 32.2. The molecule has 0 radical (unpaired) electrons. The predicted octanol–water partition coefficient (Wildman–Crippen LogP) is 0.810. The predicted molar refractivity (Wildman–Crippen MR) is 70.0 cm³/mol. The summed E-state index contributed by atoms with van der Waals surface area (Å²) in [6.07, 6.45) is 6.09. The van der Waals surface area contributed by atoms with E-state index in [1.165, 1.54) is 17.3 Å². The van der Waals surface area contributed by atoms with Crippen LogP contribution in [-0.2, 0) is 24.3 Å². The van der Waals surface area contributed by atoms with Gasteiger partial charge in [0, 0.05) is 11.3 Å². The second-order valence-electron chi connectivity index (χ2n) is 4.22. The lowest BCUT2D eigenvalue weighted by Gasteiger charge is -2.22. The van der Waals surface area contributed by atoms with Gasteiger partial charge in [0.25, 0.3) is 0 Å². The van der Waals surface area contributed by atoms with Crippen LogP contribution in [0.15, 0.2) is 9.82 Å². The van der Waals surface area contributed by atoms with E-state index in [2.05, 4.69) is 4.98 Å². The summed E-state index contributed by atoms with van der Waals surface area (Å²) in [6, 6.07) is 0. The van der Waals surface area contributed by atoms with Crippen molar-refractivity contribution in [3.63, 3.8) is 0 Å². The summed E-state index contributed by atoms with van der Waals surface area (Å²) in [6.45, 7) is 0.391. The fourth-order valence-electron chi connectivity index (χ4n) is 2.27. The second-order valence-corrected chi connectivity index (χ2v) is 5.02. The van der Waals surface area contributed by atoms with Crippen molar-refractivity contribution in [2.45, 2.75) is 37.4 Å². The Kier molecular flexibility index (Phi) is 4.79. The van der Waals surface area contributed by atoms with Crippen molar-refractivity contribution in [1.82, 2.24) is 9.55 Å². The molecule has 0 aliphatic heterocycles. The third-order valence-electron chi connectivity index (χ3n) is 3.10. The van der Waals surface area contributed by atoms with Gasteiger partial charge < -0.3 is 9.84 Å². The number of hydrogen-bond donors (Lipinski definition) is 1. The van der Waals surface area contributed by atoms with E-state index in [-0.39, 0.29) is 25.6 Å². The lowest BCUT2D eigenvalue weighted by molar-refractivity contribution is 0.0436. The van der Waals surface area contributed by atoms with Gasteiger partial charge in [-0.25, -0.2) is 4.79 Å². The van der Waals surface area contributed by atoms with Crippen LogP contribution < -0.4 is 5.69 Å². The van der Waals surface area contributed by atoms with Crippen LogP contribution in [0.2, 0.25) is 0 Å². The molecule has 5 nitrogen and oxygen atoms in total. The molecule has 18 heavy (non-hydrogen) atoms. The summed E-state index contributed by atoms with van der Waals surface area (Å²) >= 11 is 1.53. The molecule has 0 fully saturated rings. The molecule has 2 rings (SSSR count). The van der Waals surface area contributed by atoms with Gasteiger partial charge in [-0.3, -0.25) is 4.57 Å². The van der Waals surface area contributed by atoms with Crippen LogP contribution in [0.1, 0.15) is 24.1 Å². The molecule has 6 heteroatoms. The number of hydrogen-bond acceptors (Lipinski definition) is 5. The van der Waals surface area contributed by atoms with Crippen LogP contribution in [-0.4, -0.2) is 34.1 Å². The Morgan fingerprint density at radius 3 is 2.94 bits per heavy atom. The van der Waals surface area contributed by atoms with Crippen LogP contribution in [0.5, 0.6) is 0 Å². The number of aromatic nitrogens is 2. The topological polar surface area (TPSA) is 64.4 Å². The highest BCUT2D eigenvalue weighted by Gasteiger charge is 2.19.